The summed E-state index contributed by atoms with van der Waals surface area (Å²) in [4.78, 5) is 0. The molecule has 0 aromatic carbocycles. The molecule has 2 heterocycles. The molecular weight excluding hydrogens is 428 g/mol. The van der Waals surface area contributed by atoms with Crippen LogP contribution in [0.5, 0.6) is 0 Å². The van der Waals surface area contributed by atoms with Gasteiger partial charge in [0.05, 0.1) is 0 Å². The minimum Gasteiger partial charge on any atom is -1.00 e. The second kappa shape index (κ2) is 13.5. The highest BCUT2D eigenvalue weighted by molar-refractivity contribution is 5.03. The van der Waals surface area contributed by atoms with E-state index in [4.69, 9.17) is 0 Å². The number of pyridine rings is 2. The molecule has 0 atom stereocenters. The normalized spacial score (nSPS) is 9.92. The maximum absolute atomic E-state index is 2.29. The van der Waals surface area contributed by atoms with Crippen LogP contribution in [0.25, 0.3) is 0 Å². The van der Waals surface area contributed by atoms with Crippen LogP contribution in [0, 0.1) is 13.8 Å². The van der Waals surface area contributed by atoms with Gasteiger partial charge in [0.2, 0.25) is 0 Å². The van der Waals surface area contributed by atoms with E-state index in [0.717, 1.165) is 13.1 Å². The fourth-order valence-electron chi connectivity index (χ4n) is 2.66. The predicted molar refractivity (Wildman–Crippen MR) is 90.5 cm³/mol. The summed E-state index contributed by atoms with van der Waals surface area (Å²) >= 11 is 0. The zero-order valence-electron chi connectivity index (χ0n) is 14.9. The molecule has 0 radical (unpaired) electrons. The highest BCUT2D eigenvalue weighted by atomic mass is 79.9. The summed E-state index contributed by atoms with van der Waals surface area (Å²) in [7, 11) is 0. The molecule has 0 aliphatic carbocycles. The Morgan fingerprint density at radius 3 is 1.17 bits per heavy atom. The first-order valence-corrected chi connectivity index (χ1v) is 8.65. The molecular formula is C20H30Br2N2. The molecule has 0 saturated carbocycles. The maximum Gasteiger partial charge on any atom is 0.169 e. The van der Waals surface area contributed by atoms with Gasteiger partial charge in [0.1, 0.15) is 13.1 Å². The van der Waals surface area contributed by atoms with Crippen molar-refractivity contribution in [2.75, 3.05) is 0 Å². The number of hydrogen-bond donors (Lipinski definition) is 0. The van der Waals surface area contributed by atoms with E-state index >= 15 is 0 Å². The molecule has 2 nitrogen and oxygen atoms in total. The first-order valence-electron chi connectivity index (χ1n) is 8.65. The van der Waals surface area contributed by atoms with E-state index in [1.54, 1.807) is 0 Å². The van der Waals surface area contributed by atoms with Gasteiger partial charge < -0.3 is 34.0 Å². The molecule has 2 rings (SSSR count). The molecule has 0 unspecified atom stereocenters. The van der Waals surface area contributed by atoms with Crippen molar-refractivity contribution in [1.29, 1.82) is 0 Å². The molecule has 0 fully saturated rings. The number of unbranched alkanes of at least 4 members (excludes halogenated alkanes) is 5. The lowest BCUT2D eigenvalue weighted by Crippen LogP contribution is -3.00. The molecule has 134 valence electrons. The van der Waals surface area contributed by atoms with Crippen LogP contribution in [0.3, 0.4) is 0 Å². The first kappa shape index (κ1) is 23.3. The van der Waals surface area contributed by atoms with Gasteiger partial charge in [0.15, 0.2) is 24.8 Å². The highest BCUT2D eigenvalue weighted by Crippen LogP contribution is 2.05. The molecule has 2 aromatic heterocycles. The van der Waals surface area contributed by atoms with Crippen molar-refractivity contribution in [2.45, 2.75) is 65.5 Å². The lowest BCUT2D eigenvalue weighted by Gasteiger charge is -2.00. The van der Waals surface area contributed by atoms with E-state index in [2.05, 4.69) is 72.0 Å². The second-order valence-electron chi connectivity index (χ2n) is 6.35. The van der Waals surface area contributed by atoms with Gasteiger partial charge >= 0.3 is 0 Å². The van der Waals surface area contributed by atoms with Gasteiger partial charge in [-0.1, -0.05) is 12.8 Å². The Labute approximate surface area is 168 Å². The monoisotopic (exact) mass is 456 g/mol. The summed E-state index contributed by atoms with van der Waals surface area (Å²) in [5, 5.41) is 0. The summed E-state index contributed by atoms with van der Waals surface area (Å²) in [6.45, 7) is 6.58. The third kappa shape index (κ3) is 9.53. The number of rotatable bonds is 9. The fourth-order valence-corrected chi connectivity index (χ4v) is 2.66. The van der Waals surface area contributed by atoms with Gasteiger partial charge in [-0.05, 0) is 37.8 Å². The van der Waals surface area contributed by atoms with Gasteiger partial charge in [-0.15, -0.1) is 0 Å². The largest absolute Gasteiger partial charge is 1.00 e. The van der Waals surface area contributed by atoms with Gasteiger partial charge in [-0.3, -0.25) is 0 Å². The number of aromatic nitrogens is 2. The first-order chi connectivity index (χ1) is 10.7. The fraction of sp³-hybridized carbons (Fsp3) is 0.500. The summed E-state index contributed by atoms with van der Waals surface area (Å²) in [6, 6.07) is 8.73. The zero-order chi connectivity index (χ0) is 15.6. The molecule has 0 N–H and O–H groups in total. The second-order valence-corrected chi connectivity index (χ2v) is 6.35. The molecule has 0 spiro atoms. The highest BCUT2D eigenvalue weighted by Gasteiger charge is 2.01. The SMILES string of the molecule is Cc1cc[n+](CCCCCCCC[n+]2ccc(C)cc2)cc1.[Br-].[Br-]. The Morgan fingerprint density at radius 2 is 0.833 bits per heavy atom. The van der Waals surface area contributed by atoms with Crippen LogP contribution in [-0.2, 0) is 13.1 Å². The van der Waals surface area contributed by atoms with E-state index in [1.165, 1.54) is 49.7 Å². The van der Waals surface area contributed by atoms with E-state index in [0.29, 0.717) is 0 Å². The number of hydrogen-bond acceptors (Lipinski definition) is 0. The van der Waals surface area contributed by atoms with Crippen LogP contribution in [-0.4, -0.2) is 0 Å². The topological polar surface area (TPSA) is 7.76 Å². The zero-order valence-corrected chi connectivity index (χ0v) is 18.1. The Balaban J connectivity index is 0.00000264. The lowest BCUT2D eigenvalue weighted by molar-refractivity contribution is -0.697. The van der Waals surface area contributed by atoms with Crippen molar-refractivity contribution < 1.29 is 43.1 Å². The number of nitrogens with zero attached hydrogens (tertiary/aromatic N) is 2. The molecule has 24 heavy (non-hydrogen) atoms. The quantitative estimate of drug-likeness (QED) is 0.302. The lowest BCUT2D eigenvalue weighted by atomic mass is 10.1. The van der Waals surface area contributed by atoms with E-state index in [-0.39, 0.29) is 34.0 Å². The van der Waals surface area contributed by atoms with Crippen molar-refractivity contribution in [2.24, 2.45) is 0 Å². The van der Waals surface area contributed by atoms with E-state index in [9.17, 15) is 0 Å². The molecule has 2 aromatic rings. The Bertz CT molecular complexity index is 487. The Morgan fingerprint density at radius 1 is 0.542 bits per heavy atom. The van der Waals surface area contributed by atoms with Gasteiger partial charge in [-0.25, -0.2) is 9.13 Å². The molecule has 0 saturated heterocycles. The van der Waals surface area contributed by atoms with Crippen molar-refractivity contribution in [1.82, 2.24) is 0 Å². The van der Waals surface area contributed by atoms with Crippen molar-refractivity contribution in [3.63, 3.8) is 0 Å². The van der Waals surface area contributed by atoms with Crippen molar-refractivity contribution >= 4 is 0 Å². The average Bonchev–Trinajstić information content (AvgIpc) is 2.53. The minimum absolute atomic E-state index is 0. The van der Waals surface area contributed by atoms with Gasteiger partial charge in [-0.2, -0.15) is 0 Å². The van der Waals surface area contributed by atoms with Crippen LogP contribution < -0.4 is 43.1 Å². The third-order valence-electron chi connectivity index (χ3n) is 4.20. The van der Waals surface area contributed by atoms with Crippen LogP contribution >= 0.6 is 0 Å². The van der Waals surface area contributed by atoms with Gasteiger partial charge in [0, 0.05) is 37.1 Å². The van der Waals surface area contributed by atoms with Crippen LogP contribution in [0.15, 0.2) is 49.1 Å². The smallest absolute Gasteiger partial charge is 0.169 e. The predicted octanol–water partition coefficient (Wildman–Crippen LogP) is -2.07. The standard InChI is InChI=1S/C20H30N2.2BrH/c1-19-9-15-21(16-10-19)13-7-5-3-4-6-8-14-22-17-11-20(2)12-18-22;;/h9-12,15-18H,3-8,13-14H2,1-2H3;2*1H/q+2;;/p-2. The van der Waals surface area contributed by atoms with Crippen LogP contribution in [0.4, 0.5) is 0 Å². The van der Waals surface area contributed by atoms with Crippen LogP contribution in [0.1, 0.15) is 49.7 Å². The molecule has 0 amide bonds. The average molecular weight is 458 g/mol. The Kier molecular flexibility index (Phi) is 13.1. The van der Waals surface area contributed by atoms with Gasteiger partial charge in [0.25, 0.3) is 0 Å². The van der Waals surface area contributed by atoms with E-state index < -0.39 is 0 Å². The van der Waals surface area contributed by atoms with E-state index in [1.807, 2.05) is 0 Å². The molecule has 4 heteroatoms. The Hall–Kier alpha value is -0.740. The summed E-state index contributed by atoms with van der Waals surface area (Å²) in [6.07, 6.45) is 16.8. The number of halogens is 2. The number of aryl methyl sites for hydroxylation is 4. The van der Waals surface area contributed by atoms with Crippen LogP contribution in [0.2, 0.25) is 0 Å². The maximum atomic E-state index is 2.29. The minimum atomic E-state index is 0. The van der Waals surface area contributed by atoms with Crippen molar-refractivity contribution in [3.8, 4) is 0 Å². The summed E-state index contributed by atoms with van der Waals surface area (Å²) in [5.41, 5.74) is 2.67. The molecule has 0 bridgehead atoms. The molecule has 0 aliphatic rings. The van der Waals surface area contributed by atoms with Crippen molar-refractivity contribution in [3.05, 3.63) is 60.2 Å². The summed E-state index contributed by atoms with van der Waals surface area (Å²) in [5.74, 6) is 0. The molecule has 0 aliphatic heterocycles. The third-order valence-corrected chi connectivity index (χ3v) is 4.20. The summed E-state index contributed by atoms with van der Waals surface area (Å²) < 4.78 is 4.59.